The van der Waals surface area contributed by atoms with Crippen molar-refractivity contribution in [1.82, 2.24) is 5.32 Å². The van der Waals surface area contributed by atoms with Crippen LogP contribution in [-0.2, 0) is 4.79 Å². The lowest BCUT2D eigenvalue weighted by molar-refractivity contribution is -0.936. The quantitative estimate of drug-likeness (QED) is 0.404. The molecule has 4 nitrogen and oxygen atoms in total. The van der Waals surface area contributed by atoms with Crippen molar-refractivity contribution in [3.05, 3.63) is 59.7 Å². The number of benzene rings is 2. The molecule has 1 saturated heterocycles. The third kappa shape index (κ3) is 6.27. The summed E-state index contributed by atoms with van der Waals surface area (Å²) in [6, 6.07) is 16.2. The van der Waals surface area contributed by atoms with Crippen LogP contribution < -0.4 is 34.0 Å². The van der Waals surface area contributed by atoms with E-state index in [0.717, 1.165) is 41.4 Å². The maximum Gasteiger partial charge on any atom is 0.232 e. The molecule has 2 fully saturated rings. The second kappa shape index (κ2) is 12.8. The SMILES string of the molecule is CCC[N+]1(CC2CCCCCCC2)CCC(NC(=O)C2c3ccccc3Oc3ccccc32)CC1.[I-]. The Hall–Kier alpha value is -1.60. The lowest BCUT2D eigenvalue weighted by Crippen LogP contribution is -3.00. The molecule has 1 amide bonds. The van der Waals surface area contributed by atoms with Crippen LogP contribution >= 0.6 is 0 Å². The fourth-order valence-corrected chi connectivity index (χ4v) is 6.98. The van der Waals surface area contributed by atoms with E-state index in [9.17, 15) is 4.79 Å². The maximum atomic E-state index is 13.7. The topological polar surface area (TPSA) is 38.3 Å². The van der Waals surface area contributed by atoms with E-state index in [2.05, 4.69) is 12.2 Å². The van der Waals surface area contributed by atoms with E-state index in [1.165, 1.54) is 82.0 Å². The number of fused-ring (bicyclic) bond motifs is 2. The number of quaternary nitrogens is 1. The summed E-state index contributed by atoms with van der Waals surface area (Å²) in [5.41, 5.74) is 1.94. The molecule has 1 N–H and O–H groups in total. The second-order valence-electron chi connectivity index (χ2n) is 11.3. The van der Waals surface area contributed by atoms with Gasteiger partial charge in [-0.3, -0.25) is 4.79 Å². The molecule has 5 heteroatoms. The van der Waals surface area contributed by atoms with E-state index in [0.29, 0.717) is 0 Å². The van der Waals surface area contributed by atoms with Gasteiger partial charge in [0, 0.05) is 35.9 Å². The van der Waals surface area contributed by atoms with Gasteiger partial charge in [0.25, 0.3) is 0 Å². The van der Waals surface area contributed by atoms with Crippen molar-refractivity contribution >= 4 is 5.91 Å². The van der Waals surface area contributed by atoms with Crippen LogP contribution in [0.25, 0.3) is 0 Å². The predicted molar refractivity (Wildman–Crippen MR) is 142 cm³/mol. The summed E-state index contributed by atoms with van der Waals surface area (Å²) >= 11 is 0. The minimum absolute atomic E-state index is 0. The normalized spacial score (nSPS) is 24.8. The van der Waals surface area contributed by atoms with Crippen LogP contribution in [0.2, 0.25) is 0 Å². The Morgan fingerprint density at radius 1 is 0.861 bits per heavy atom. The number of para-hydroxylation sites is 2. The molecule has 0 aromatic heterocycles. The van der Waals surface area contributed by atoms with Crippen LogP contribution in [0.3, 0.4) is 0 Å². The molecule has 196 valence electrons. The molecular formula is C31H43IN2O2. The Labute approximate surface area is 234 Å². The van der Waals surface area contributed by atoms with Crippen molar-refractivity contribution in [3.63, 3.8) is 0 Å². The second-order valence-corrected chi connectivity index (χ2v) is 11.3. The van der Waals surface area contributed by atoms with Crippen LogP contribution in [0.15, 0.2) is 48.5 Å². The van der Waals surface area contributed by atoms with E-state index >= 15 is 0 Å². The number of hydrogen-bond acceptors (Lipinski definition) is 2. The number of likely N-dealkylation sites (tertiary alicyclic amines) is 1. The first kappa shape index (κ1) is 27.4. The average Bonchev–Trinajstić information content (AvgIpc) is 2.86. The van der Waals surface area contributed by atoms with Gasteiger partial charge in [0.05, 0.1) is 32.1 Å². The molecule has 2 aliphatic heterocycles. The van der Waals surface area contributed by atoms with Crippen molar-refractivity contribution < 1.29 is 38.0 Å². The van der Waals surface area contributed by atoms with Crippen molar-refractivity contribution in [2.45, 2.75) is 83.1 Å². The van der Waals surface area contributed by atoms with Crippen LogP contribution in [0.1, 0.15) is 88.2 Å². The third-order valence-electron chi connectivity index (χ3n) is 8.76. The maximum absolute atomic E-state index is 13.7. The Bertz CT molecular complexity index is 948. The first-order chi connectivity index (χ1) is 17.2. The smallest absolute Gasteiger partial charge is 0.232 e. The highest BCUT2D eigenvalue weighted by Crippen LogP contribution is 2.44. The number of hydrogen-bond donors (Lipinski definition) is 1. The largest absolute Gasteiger partial charge is 1.00 e. The molecule has 2 aromatic carbocycles. The summed E-state index contributed by atoms with van der Waals surface area (Å²) in [6.45, 7) is 7.39. The van der Waals surface area contributed by atoms with Gasteiger partial charge in [0.2, 0.25) is 5.91 Å². The van der Waals surface area contributed by atoms with Gasteiger partial charge in [0.15, 0.2) is 0 Å². The number of nitrogens with one attached hydrogen (secondary N) is 1. The third-order valence-corrected chi connectivity index (χ3v) is 8.76. The Morgan fingerprint density at radius 2 is 1.42 bits per heavy atom. The highest BCUT2D eigenvalue weighted by Gasteiger charge is 2.38. The zero-order valence-corrected chi connectivity index (χ0v) is 24.0. The molecule has 2 aromatic rings. The van der Waals surface area contributed by atoms with Crippen molar-refractivity contribution in [3.8, 4) is 11.5 Å². The molecular weight excluding hydrogens is 559 g/mol. The van der Waals surface area contributed by atoms with Crippen molar-refractivity contribution in [1.29, 1.82) is 0 Å². The number of amides is 1. The molecule has 0 radical (unpaired) electrons. The Kier molecular flexibility index (Phi) is 9.73. The summed E-state index contributed by atoms with van der Waals surface area (Å²) in [5, 5.41) is 3.47. The van der Waals surface area contributed by atoms with Gasteiger partial charge in [-0.2, -0.15) is 0 Å². The zero-order valence-electron chi connectivity index (χ0n) is 21.9. The molecule has 36 heavy (non-hydrogen) atoms. The Balaban J connectivity index is 0.00000304. The highest BCUT2D eigenvalue weighted by molar-refractivity contribution is 5.89. The molecule has 5 rings (SSSR count). The molecule has 2 heterocycles. The van der Waals surface area contributed by atoms with Gasteiger partial charge >= 0.3 is 0 Å². The molecule has 0 atom stereocenters. The van der Waals surface area contributed by atoms with Crippen molar-refractivity contribution in [2.75, 3.05) is 26.2 Å². The summed E-state index contributed by atoms with van der Waals surface area (Å²) in [7, 11) is 0. The van der Waals surface area contributed by atoms with Crippen LogP contribution in [0, 0.1) is 5.92 Å². The standard InChI is InChI=1S/C31H42N2O2.HI/c1-2-20-33(23-24-12-6-4-3-5-7-13-24)21-18-25(19-22-33)32-31(34)30-26-14-8-10-16-28(26)35-29-17-11-9-15-27(29)30;/h8-11,14-17,24-25,30H,2-7,12-13,18-23H2,1H3;1H. The molecule has 0 bridgehead atoms. The van der Waals surface area contributed by atoms with Gasteiger partial charge < -0.3 is 38.5 Å². The molecule has 1 saturated carbocycles. The first-order valence-corrected chi connectivity index (χ1v) is 14.2. The number of rotatable bonds is 6. The summed E-state index contributed by atoms with van der Waals surface area (Å²) in [4.78, 5) is 13.7. The minimum atomic E-state index is -0.303. The Morgan fingerprint density at radius 3 is 2.00 bits per heavy atom. The highest BCUT2D eigenvalue weighted by atomic mass is 127. The number of halogens is 1. The first-order valence-electron chi connectivity index (χ1n) is 14.2. The van der Waals surface area contributed by atoms with Gasteiger partial charge in [-0.1, -0.05) is 75.4 Å². The van der Waals surface area contributed by atoms with Gasteiger partial charge in [-0.25, -0.2) is 0 Å². The van der Waals surface area contributed by atoms with E-state index < -0.39 is 0 Å². The monoisotopic (exact) mass is 602 g/mol. The molecule has 0 unspecified atom stereocenters. The van der Waals surface area contributed by atoms with Crippen molar-refractivity contribution in [2.24, 2.45) is 5.92 Å². The van der Waals surface area contributed by atoms with E-state index in [4.69, 9.17) is 4.74 Å². The number of carbonyl (C=O) groups excluding carboxylic acids is 1. The predicted octanol–water partition coefficient (Wildman–Crippen LogP) is 3.79. The van der Waals surface area contributed by atoms with Crippen LogP contribution in [0.5, 0.6) is 11.5 Å². The average molecular weight is 603 g/mol. The number of carbonyl (C=O) groups is 1. The van der Waals surface area contributed by atoms with Gasteiger partial charge in [-0.15, -0.1) is 0 Å². The zero-order chi connectivity index (χ0) is 24.1. The summed E-state index contributed by atoms with van der Waals surface area (Å²) < 4.78 is 7.38. The fraction of sp³-hybridized carbons (Fsp3) is 0.581. The summed E-state index contributed by atoms with van der Waals surface area (Å²) in [5.74, 6) is 2.31. The van der Waals surface area contributed by atoms with E-state index in [1.807, 2.05) is 48.5 Å². The molecule has 3 aliphatic rings. The number of nitrogens with zero attached hydrogens (tertiary/aromatic N) is 1. The van der Waals surface area contributed by atoms with Gasteiger partial charge in [-0.05, 0) is 31.4 Å². The molecule has 1 aliphatic carbocycles. The van der Waals surface area contributed by atoms with E-state index in [-0.39, 0.29) is 41.8 Å². The lowest BCUT2D eigenvalue weighted by Gasteiger charge is -2.46. The van der Waals surface area contributed by atoms with E-state index in [1.54, 1.807) is 0 Å². The van der Waals surface area contributed by atoms with Crippen LogP contribution in [-0.4, -0.2) is 42.6 Å². The fourth-order valence-electron chi connectivity index (χ4n) is 6.98. The van der Waals surface area contributed by atoms with Gasteiger partial charge in [0.1, 0.15) is 11.5 Å². The lowest BCUT2D eigenvalue weighted by atomic mass is 9.86. The molecule has 0 spiro atoms. The number of piperidine rings is 1. The summed E-state index contributed by atoms with van der Waals surface area (Å²) in [6.07, 6.45) is 13.4. The van der Waals surface area contributed by atoms with Crippen LogP contribution in [0.4, 0.5) is 0 Å². The number of ether oxygens (including phenoxy) is 1. The minimum Gasteiger partial charge on any atom is -1.00 e.